The minimum atomic E-state index is -3.75. The van der Waals surface area contributed by atoms with E-state index in [9.17, 15) is 8.42 Å². The van der Waals surface area contributed by atoms with E-state index >= 15 is 0 Å². The lowest BCUT2D eigenvalue weighted by molar-refractivity contribution is 0.403. The van der Waals surface area contributed by atoms with Crippen LogP contribution in [0.3, 0.4) is 0 Å². The van der Waals surface area contributed by atoms with E-state index < -0.39 is 9.05 Å². The number of rotatable bonds is 3. The molecule has 0 unspecified atom stereocenters. The van der Waals surface area contributed by atoms with Crippen molar-refractivity contribution in [1.29, 1.82) is 0 Å². The van der Waals surface area contributed by atoms with Crippen LogP contribution in [-0.2, 0) is 9.05 Å². The summed E-state index contributed by atoms with van der Waals surface area (Å²) in [7, 11) is 2.97. The SMILES string of the molecule is COc1ccc(C(C)C)cc1S(=O)(=O)Cl. The summed E-state index contributed by atoms with van der Waals surface area (Å²) in [6.45, 7) is 3.96. The van der Waals surface area contributed by atoms with Gasteiger partial charge in [0.25, 0.3) is 9.05 Å². The molecule has 1 aromatic carbocycles. The van der Waals surface area contributed by atoms with Crippen LogP contribution in [0.15, 0.2) is 23.1 Å². The zero-order valence-electron chi connectivity index (χ0n) is 8.82. The number of halogens is 1. The minimum Gasteiger partial charge on any atom is -0.495 e. The molecular formula is C10H13ClO3S. The Bertz CT molecular complexity index is 452. The highest BCUT2D eigenvalue weighted by atomic mass is 35.7. The van der Waals surface area contributed by atoms with E-state index in [1.165, 1.54) is 7.11 Å². The molecule has 0 amide bonds. The first-order valence-corrected chi connectivity index (χ1v) is 6.79. The van der Waals surface area contributed by atoms with E-state index in [1.54, 1.807) is 12.1 Å². The number of ether oxygens (including phenoxy) is 1. The molecule has 0 radical (unpaired) electrons. The minimum absolute atomic E-state index is 0.0258. The van der Waals surface area contributed by atoms with E-state index in [4.69, 9.17) is 15.4 Å². The van der Waals surface area contributed by atoms with Gasteiger partial charge < -0.3 is 4.74 Å². The Morgan fingerprint density at radius 2 is 1.93 bits per heavy atom. The summed E-state index contributed by atoms with van der Waals surface area (Å²) >= 11 is 0. The summed E-state index contributed by atoms with van der Waals surface area (Å²) in [5.41, 5.74) is 0.912. The monoisotopic (exact) mass is 248 g/mol. The first-order valence-electron chi connectivity index (χ1n) is 4.49. The summed E-state index contributed by atoms with van der Waals surface area (Å²) in [6, 6.07) is 4.99. The van der Waals surface area contributed by atoms with Gasteiger partial charge in [-0.05, 0) is 23.6 Å². The third kappa shape index (κ3) is 2.86. The summed E-state index contributed by atoms with van der Waals surface area (Å²) in [5, 5.41) is 0. The zero-order chi connectivity index (χ0) is 11.6. The summed E-state index contributed by atoms with van der Waals surface area (Å²) < 4.78 is 27.5. The molecule has 0 saturated heterocycles. The molecule has 5 heteroatoms. The van der Waals surface area contributed by atoms with Gasteiger partial charge in [-0.3, -0.25) is 0 Å². The maximum absolute atomic E-state index is 11.3. The molecule has 0 heterocycles. The van der Waals surface area contributed by atoms with Gasteiger partial charge in [-0.15, -0.1) is 0 Å². The summed E-state index contributed by atoms with van der Waals surface area (Å²) in [6.07, 6.45) is 0. The van der Waals surface area contributed by atoms with Crippen LogP contribution >= 0.6 is 10.7 Å². The van der Waals surface area contributed by atoms with Crippen molar-refractivity contribution in [3.8, 4) is 5.75 Å². The molecule has 1 aromatic rings. The molecule has 0 bridgehead atoms. The van der Waals surface area contributed by atoms with Crippen molar-refractivity contribution in [1.82, 2.24) is 0 Å². The average molecular weight is 249 g/mol. The standard InChI is InChI=1S/C10H13ClO3S/c1-7(2)8-4-5-9(14-3)10(6-8)15(11,12)13/h4-7H,1-3H3. The lowest BCUT2D eigenvalue weighted by atomic mass is 10.0. The molecule has 0 atom stereocenters. The molecule has 84 valence electrons. The number of hydrogen-bond acceptors (Lipinski definition) is 3. The lowest BCUT2D eigenvalue weighted by Gasteiger charge is -2.10. The largest absolute Gasteiger partial charge is 0.495 e. The molecule has 0 aliphatic carbocycles. The van der Waals surface area contributed by atoms with Gasteiger partial charge in [0.15, 0.2) is 0 Å². The third-order valence-electron chi connectivity index (χ3n) is 2.12. The fourth-order valence-electron chi connectivity index (χ4n) is 1.24. The van der Waals surface area contributed by atoms with Crippen molar-refractivity contribution in [2.45, 2.75) is 24.7 Å². The van der Waals surface area contributed by atoms with E-state index in [0.29, 0.717) is 0 Å². The normalized spacial score (nSPS) is 11.8. The van der Waals surface area contributed by atoms with Crippen LogP contribution < -0.4 is 4.74 Å². The maximum Gasteiger partial charge on any atom is 0.264 e. The third-order valence-corrected chi connectivity index (χ3v) is 3.46. The van der Waals surface area contributed by atoms with Gasteiger partial charge in [0.2, 0.25) is 0 Å². The Labute approximate surface area is 94.4 Å². The van der Waals surface area contributed by atoms with Gasteiger partial charge in [0, 0.05) is 10.7 Å². The molecule has 0 aliphatic rings. The molecule has 15 heavy (non-hydrogen) atoms. The second kappa shape index (κ2) is 4.41. The van der Waals surface area contributed by atoms with Gasteiger partial charge >= 0.3 is 0 Å². The fraction of sp³-hybridized carbons (Fsp3) is 0.400. The highest BCUT2D eigenvalue weighted by molar-refractivity contribution is 8.13. The summed E-state index contributed by atoms with van der Waals surface area (Å²) in [5.74, 6) is 0.516. The molecule has 0 aliphatic heterocycles. The van der Waals surface area contributed by atoms with E-state index in [0.717, 1.165) is 5.56 Å². The van der Waals surface area contributed by atoms with Crippen LogP contribution in [0.2, 0.25) is 0 Å². The number of hydrogen-bond donors (Lipinski definition) is 0. The first-order chi connectivity index (χ1) is 6.86. The highest BCUT2D eigenvalue weighted by Gasteiger charge is 2.17. The Morgan fingerprint density at radius 3 is 2.33 bits per heavy atom. The molecule has 0 fully saturated rings. The molecular weight excluding hydrogens is 236 g/mol. The highest BCUT2D eigenvalue weighted by Crippen LogP contribution is 2.30. The Kier molecular flexibility index (Phi) is 3.62. The second-order valence-electron chi connectivity index (χ2n) is 3.50. The van der Waals surface area contributed by atoms with Gasteiger partial charge in [0.1, 0.15) is 10.6 Å². The van der Waals surface area contributed by atoms with Crippen molar-refractivity contribution in [3.63, 3.8) is 0 Å². The van der Waals surface area contributed by atoms with Crippen molar-refractivity contribution in [3.05, 3.63) is 23.8 Å². The predicted molar refractivity (Wildman–Crippen MR) is 60.1 cm³/mol. The summed E-state index contributed by atoms with van der Waals surface area (Å²) in [4.78, 5) is 0.0258. The van der Waals surface area contributed by atoms with Crippen molar-refractivity contribution >= 4 is 19.7 Å². The topological polar surface area (TPSA) is 43.4 Å². The van der Waals surface area contributed by atoms with Gasteiger partial charge in [0.05, 0.1) is 7.11 Å². The number of benzene rings is 1. The van der Waals surface area contributed by atoms with E-state index in [2.05, 4.69) is 0 Å². The fourth-order valence-corrected chi connectivity index (χ4v) is 2.27. The number of methoxy groups -OCH3 is 1. The molecule has 0 spiro atoms. The Hall–Kier alpha value is -0.740. The molecule has 3 nitrogen and oxygen atoms in total. The Morgan fingerprint density at radius 1 is 1.33 bits per heavy atom. The quantitative estimate of drug-likeness (QED) is 0.773. The average Bonchev–Trinajstić information content (AvgIpc) is 2.15. The smallest absolute Gasteiger partial charge is 0.264 e. The molecule has 0 N–H and O–H groups in total. The lowest BCUT2D eigenvalue weighted by Crippen LogP contribution is -1.98. The van der Waals surface area contributed by atoms with Crippen LogP contribution in [0.4, 0.5) is 0 Å². The van der Waals surface area contributed by atoms with Crippen molar-refractivity contribution in [2.24, 2.45) is 0 Å². The van der Waals surface area contributed by atoms with Crippen LogP contribution in [0.5, 0.6) is 5.75 Å². The molecule has 0 saturated carbocycles. The van der Waals surface area contributed by atoms with Crippen molar-refractivity contribution < 1.29 is 13.2 Å². The van der Waals surface area contributed by atoms with Crippen LogP contribution in [0.25, 0.3) is 0 Å². The van der Waals surface area contributed by atoms with Gasteiger partial charge in [-0.2, -0.15) is 0 Å². The van der Waals surface area contributed by atoms with Crippen LogP contribution in [0, 0.1) is 0 Å². The van der Waals surface area contributed by atoms with Gasteiger partial charge in [-0.25, -0.2) is 8.42 Å². The van der Waals surface area contributed by atoms with Crippen LogP contribution in [0.1, 0.15) is 25.3 Å². The van der Waals surface area contributed by atoms with Crippen LogP contribution in [-0.4, -0.2) is 15.5 Å². The van der Waals surface area contributed by atoms with E-state index in [1.807, 2.05) is 19.9 Å². The second-order valence-corrected chi connectivity index (χ2v) is 6.04. The molecule has 1 rings (SSSR count). The Balaban J connectivity index is 3.39. The van der Waals surface area contributed by atoms with Crippen molar-refractivity contribution in [2.75, 3.05) is 7.11 Å². The first kappa shape index (κ1) is 12.3. The van der Waals surface area contributed by atoms with Gasteiger partial charge in [-0.1, -0.05) is 19.9 Å². The van der Waals surface area contributed by atoms with E-state index in [-0.39, 0.29) is 16.6 Å². The molecule has 0 aromatic heterocycles. The maximum atomic E-state index is 11.3. The predicted octanol–water partition coefficient (Wildman–Crippen LogP) is 2.75. The zero-order valence-corrected chi connectivity index (χ0v) is 10.4.